The van der Waals surface area contributed by atoms with Crippen molar-refractivity contribution in [2.45, 2.75) is 26.2 Å². The lowest BCUT2D eigenvalue weighted by Gasteiger charge is -2.12. The predicted octanol–water partition coefficient (Wildman–Crippen LogP) is 4.74. The number of aromatic nitrogens is 3. The number of rotatable bonds is 4. The highest BCUT2D eigenvalue weighted by Crippen LogP contribution is 2.25. The van der Waals surface area contributed by atoms with Crippen molar-refractivity contribution >= 4 is 34.4 Å². The third-order valence-corrected chi connectivity index (χ3v) is 3.95. The van der Waals surface area contributed by atoms with E-state index in [4.69, 9.17) is 4.42 Å². The van der Waals surface area contributed by atoms with Gasteiger partial charge in [0.25, 0.3) is 0 Å². The van der Waals surface area contributed by atoms with Crippen LogP contribution in [0.5, 0.6) is 0 Å². The Morgan fingerprint density at radius 2 is 1.96 bits per heavy atom. The summed E-state index contributed by atoms with van der Waals surface area (Å²) in [6, 6.07) is 5.71. The fraction of sp³-hybridized carbons (Fsp3) is 0.235. The molecule has 0 bridgehead atoms. The van der Waals surface area contributed by atoms with Crippen LogP contribution in [0.1, 0.15) is 37.3 Å². The number of anilines is 2. The van der Waals surface area contributed by atoms with Gasteiger partial charge in [-0.1, -0.05) is 38.2 Å². The predicted molar refractivity (Wildman–Crippen MR) is 93.8 cm³/mol. The molecular formula is C17H18N4OS. The molecule has 0 aromatic carbocycles. The SMILES string of the molecule is CC(C)(C)c1cnc(/C=C/c2cnc(Nc3ccccn3)s2)o1. The highest BCUT2D eigenvalue weighted by molar-refractivity contribution is 7.16. The highest BCUT2D eigenvalue weighted by Gasteiger charge is 2.18. The second-order valence-corrected chi connectivity index (χ2v) is 7.12. The summed E-state index contributed by atoms with van der Waals surface area (Å²) in [5.41, 5.74) is -0.0383. The van der Waals surface area contributed by atoms with Crippen molar-refractivity contribution in [1.29, 1.82) is 0 Å². The van der Waals surface area contributed by atoms with E-state index in [2.05, 4.69) is 41.0 Å². The van der Waals surface area contributed by atoms with E-state index in [-0.39, 0.29) is 5.41 Å². The van der Waals surface area contributed by atoms with E-state index in [1.807, 2.05) is 30.4 Å². The average molecular weight is 326 g/mol. The van der Waals surface area contributed by atoms with Crippen LogP contribution < -0.4 is 5.32 Å². The van der Waals surface area contributed by atoms with Gasteiger partial charge < -0.3 is 9.73 Å². The summed E-state index contributed by atoms with van der Waals surface area (Å²) in [7, 11) is 0. The zero-order valence-electron chi connectivity index (χ0n) is 13.3. The van der Waals surface area contributed by atoms with Crippen molar-refractivity contribution in [2.24, 2.45) is 0 Å². The van der Waals surface area contributed by atoms with Crippen molar-refractivity contribution in [2.75, 3.05) is 5.32 Å². The van der Waals surface area contributed by atoms with Crippen LogP contribution in [0, 0.1) is 0 Å². The van der Waals surface area contributed by atoms with Crippen LogP contribution in [0.2, 0.25) is 0 Å². The largest absolute Gasteiger partial charge is 0.441 e. The molecular weight excluding hydrogens is 308 g/mol. The number of hydrogen-bond acceptors (Lipinski definition) is 6. The molecule has 0 atom stereocenters. The summed E-state index contributed by atoms with van der Waals surface area (Å²) in [4.78, 5) is 13.8. The standard InChI is InChI=1S/C17H18N4OS/c1-17(2,3)13-11-19-15(22-13)8-7-12-10-20-16(23-12)21-14-6-4-5-9-18-14/h4-11H,1-3H3,(H,18,20,21)/b8-7+. The van der Waals surface area contributed by atoms with Crippen LogP contribution >= 0.6 is 11.3 Å². The maximum atomic E-state index is 5.73. The van der Waals surface area contributed by atoms with Crippen molar-refractivity contribution in [3.05, 3.63) is 53.3 Å². The topological polar surface area (TPSA) is 63.8 Å². The minimum Gasteiger partial charge on any atom is -0.441 e. The van der Waals surface area contributed by atoms with Gasteiger partial charge in [0.15, 0.2) is 5.13 Å². The van der Waals surface area contributed by atoms with E-state index < -0.39 is 0 Å². The van der Waals surface area contributed by atoms with Crippen LogP contribution in [-0.2, 0) is 5.41 Å². The molecule has 0 saturated carbocycles. The van der Waals surface area contributed by atoms with E-state index in [0.29, 0.717) is 5.89 Å². The Morgan fingerprint density at radius 3 is 2.65 bits per heavy atom. The van der Waals surface area contributed by atoms with Crippen molar-refractivity contribution < 1.29 is 4.42 Å². The lowest BCUT2D eigenvalue weighted by atomic mass is 9.94. The first-order valence-corrected chi connectivity index (χ1v) is 8.11. The first-order valence-electron chi connectivity index (χ1n) is 7.29. The van der Waals surface area contributed by atoms with Crippen molar-refractivity contribution in [1.82, 2.24) is 15.0 Å². The Labute approximate surface area is 139 Å². The number of oxazole rings is 1. The summed E-state index contributed by atoms with van der Waals surface area (Å²) < 4.78 is 5.73. The molecule has 23 heavy (non-hydrogen) atoms. The van der Waals surface area contributed by atoms with E-state index in [1.165, 1.54) is 0 Å². The molecule has 0 spiro atoms. The zero-order chi connectivity index (χ0) is 16.3. The maximum absolute atomic E-state index is 5.73. The molecule has 3 aromatic rings. The van der Waals surface area contributed by atoms with Crippen LogP contribution in [0.4, 0.5) is 10.9 Å². The molecule has 0 fully saturated rings. The summed E-state index contributed by atoms with van der Waals surface area (Å²) in [6.45, 7) is 6.29. The molecule has 3 rings (SSSR count). The lowest BCUT2D eigenvalue weighted by molar-refractivity contribution is 0.403. The normalized spacial score (nSPS) is 12.0. The van der Waals surface area contributed by atoms with E-state index in [9.17, 15) is 0 Å². The molecule has 0 aliphatic heterocycles. The van der Waals surface area contributed by atoms with Crippen molar-refractivity contribution in [3.63, 3.8) is 0 Å². The Morgan fingerprint density at radius 1 is 1.09 bits per heavy atom. The number of pyridine rings is 1. The summed E-state index contributed by atoms with van der Waals surface area (Å²) in [6.07, 6.45) is 9.12. The monoisotopic (exact) mass is 326 g/mol. The first-order chi connectivity index (χ1) is 11.0. The van der Waals surface area contributed by atoms with Gasteiger partial charge in [-0.3, -0.25) is 0 Å². The first kappa shape index (κ1) is 15.4. The van der Waals surface area contributed by atoms with E-state index in [0.717, 1.165) is 21.6 Å². The Balaban J connectivity index is 1.68. The van der Waals surface area contributed by atoms with Gasteiger partial charge in [-0.2, -0.15) is 0 Å². The van der Waals surface area contributed by atoms with Gasteiger partial charge in [-0.05, 0) is 18.2 Å². The number of nitrogens with one attached hydrogen (secondary N) is 1. The fourth-order valence-electron chi connectivity index (χ4n) is 1.83. The molecule has 1 N–H and O–H groups in total. The quantitative estimate of drug-likeness (QED) is 0.750. The average Bonchev–Trinajstić information content (AvgIpc) is 3.15. The minimum absolute atomic E-state index is 0.0383. The van der Waals surface area contributed by atoms with Gasteiger partial charge in [-0.15, -0.1) is 0 Å². The fourth-order valence-corrected chi connectivity index (χ4v) is 2.56. The second kappa shape index (κ2) is 6.34. The molecule has 3 heterocycles. The maximum Gasteiger partial charge on any atom is 0.218 e. The number of nitrogens with zero attached hydrogens (tertiary/aromatic N) is 3. The Kier molecular flexibility index (Phi) is 4.25. The molecule has 0 saturated heterocycles. The molecule has 5 nitrogen and oxygen atoms in total. The summed E-state index contributed by atoms with van der Waals surface area (Å²) in [5.74, 6) is 2.25. The van der Waals surface area contributed by atoms with Crippen molar-refractivity contribution in [3.8, 4) is 0 Å². The molecule has 0 amide bonds. The molecule has 0 aliphatic carbocycles. The third-order valence-electron chi connectivity index (χ3n) is 3.08. The minimum atomic E-state index is -0.0383. The molecule has 0 aliphatic rings. The number of hydrogen-bond donors (Lipinski definition) is 1. The van der Waals surface area contributed by atoms with Crippen LogP contribution in [-0.4, -0.2) is 15.0 Å². The van der Waals surface area contributed by atoms with Gasteiger partial charge in [0.05, 0.1) is 6.20 Å². The highest BCUT2D eigenvalue weighted by atomic mass is 32.1. The van der Waals surface area contributed by atoms with Gasteiger partial charge in [0.2, 0.25) is 5.89 Å². The van der Waals surface area contributed by atoms with Gasteiger partial charge in [0, 0.05) is 28.8 Å². The molecule has 0 radical (unpaired) electrons. The number of thiazole rings is 1. The lowest BCUT2D eigenvalue weighted by Crippen LogP contribution is -2.09. The van der Waals surface area contributed by atoms with E-state index >= 15 is 0 Å². The molecule has 0 unspecified atom stereocenters. The zero-order valence-corrected chi connectivity index (χ0v) is 14.1. The molecule has 3 aromatic heterocycles. The van der Waals surface area contributed by atoms with Crippen LogP contribution in [0.3, 0.4) is 0 Å². The van der Waals surface area contributed by atoms with Gasteiger partial charge >= 0.3 is 0 Å². The third kappa shape index (κ3) is 4.04. The second-order valence-electron chi connectivity index (χ2n) is 6.05. The smallest absolute Gasteiger partial charge is 0.218 e. The van der Waals surface area contributed by atoms with E-state index in [1.54, 1.807) is 29.9 Å². The van der Waals surface area contributed by atoms with Gasteiger partial charge in [0.1, 0.15) is 11.6 Å². The Bertz CT molecular complexity index is 799. The van der Waals surface area contributed by atoms with Crippen LogP contribution in [0.15, 0.2) is 41.2 Å². The Hall–Kier alpha value is -2.47. The summed E-state index contributed by atoms with van der Waals surface area (Å²) >= 11 is 1.54. The van der Waals surface area contributed by atoms with Gasteiger partial charge in [-0.25, -0.2) is 15.0 Å². The van der Waals surface area contributed by atoms with Crippen LogP contribution in [0.25, 0.3) is 12.2 Å². The molecule has 118 valence electrons. The molecule has 6 heteroatoms. The summed E-state index contributed by atoms with van der Waals surface area (Å²) in [5, 5.41) is 3.97.